The summed E-state index contributed by atoms with van der Waals surface area (Å²) in [5, 5.41) is 3.82. The fourth-order valence-electron chi connectivity index (χ4n) is 1.98. The minimum atomic E-state index is -0.00244. The fourth-order valence-corrected chi connectivity index (χ4v) is 1.98. The molecule has 108 valence electrons. The molecule has 0 aliphatic rings. The third-order valence-electron chi connectivity index (χ3n) is 3.09. The molecule has 0 radical (unpaired) electrons. The number of furan rings is 1. The van der Waals surface area contributed by atoms with Gasteiger partial charge in [0.15, 0.2) is 0 Å². The molecule has 0 fully saturated rings. The summed E-state index contributed by atoms with van der Waals surface area (Å²) in [6.07, 6.45) is 1.95. The van der Waals surface area contributed by atoms with Gasteiger partial charge in [0.05, 0.1) is 19.8 Å². The van der Waals surface area contributed by atoms with Crippen molar-refractivity contribution >= 4 is 16.9 Å². The van der Waals surface area contributed by atoms with Crippen molar-refractivity contribution in [2.75, 3.05) is 34.3 Å². The first-order chi connectivity index (χ1) is 9.60. The van der Waals surface area contributed by atoms with Gasteiger partial charge in [-0.2, -0.15) is 0 Å². The maximum atomic E-state index is 11.9. The molecule has 0 saturated carbocycles. The van der Waals surface area contributed by atoms with Crippen molar-refractivity contribution in [3.05, 3.63) is 30.0 Å². The Bertz CT molecular complexity index is 590. The second-order valence-electron chi connectivity index (χ2n) is 4.95. The summed E-state index contributed by atoms with van der Waals surface area (Å²) in [7, 11) is 5.57. The van der Waals surface area contributed by atoms with E-state index in [2.05, 4.69) is 5.32 Å². The number of amides is 1. The Labute approximate surface area is 118 Å². The number of hydrogen-bond acceptors (Lipinski definition) is 4. The SMILES string of the molecule is COc1ccc2occ(CC(=O)NCCN(C)C)c2c1. The maximum absolute atomic E-state index is 11.9. The lowest BCUT2D eigenvalue weighted by Gasteiger charge is -2.10. The van der Waals surface area contributed by atoms with E-state index < -0.39 is 0 Å². The molecule has 5 heteroatoms. The molecule has 1 heterocycles. The Morgan fingerprint density at radius 1 is 1.40 bits per heavy atom. The van der Waals surface area contributed by atoms with Crippen molar-refractivity contribution in [1.29, 1.82) is 0 Å². The number of ether oxygens (including phenoxy) is 1. The molecule has 2 rings (SSSR count). The van der Waals surface area contributed by atoms with E-state index in [9.17, 15) is 4.79 Å². The number of benzene rings is 1. The summed E-state index contributed by atoms with van der Waals surface area (Å²) in [4.78, 5) is 13.9. The monoisotopic (exact) mass is 276 g/mol. The Hall–Kier alpha value is -2.01. The highest BCUT2D eigenvalue weighted by Crippen LogP contribution is 2.26. The minimum Gasteiger partial charge on any atom is -0.497 e. The Morgan fingerprint density at radius 2 is 2.20 bits per heavy atom. The first-order valence-electron chi connectivity index (χ1n) is 6.55. The van der Waals surface area contributed by atoms with Crippen LogP contribution in [-0.2, 0) is 11.2 Å². The normalized spacial score (nSPS) is 11.0. The number of likely N-dealkylation sites (N-methyl/N-ethyl adjacent to an activating group) is 1. The van der Waals surface area contributed by atoms with Crippen LogP contribution in [0.1, 0.15) is 5.56 Å². The quantitative estimate of drug-likeness (QED) is 0.872. The van der Waals surface area contributed by atoms with Crippen LogP contribution in [0.15, 0.2) is 28.9 Å². The van der Waals surface area contributed by atoms with Crippen molar-refractivity contribution in [2.45, 2.75) is 6.42 Å². The van der Waals surface area contributed by atoms with Crippen LogP contribution in [0.2, 0.25) is 0 Å². The Morgan fingerprint density at radius 3 is 2.90 bits per heavy atom. The highest BCUT2D eigenvalue weighted by atomic mass is 16.5. The molecule has 0 aliphatic heterocycles. The molecule has 1 amide bonds. The molecule has 0 atom stereocenters. The highest BCUT2D eigenvalue weighted by Gasteiger charge is 2.11. The second-order valence-corrected chi connectivity index (χ2v) is 4.95. The van der Waals surface area contributed by atoms with Crippen LogP contribution in [0.3, 0.4) is 0 Å². The van der Waals surface area contributed by atoms with Gasteiger partial charge in [0, 0.05) is 24.0 Å². The predicted octanol–water partition coefficient (Wildman–Crippen LogP) is 1.66. The van der Waals surface area contributed by atoms with Gasteiger partial charge in [-0.3, -0.25) is 4.79 Å². The molecule has 0 aliphatic carbocycles. The van der Waals surface area contributed by atoms with E-state index >= 15 is 0 Å². The first kappa shape index (κ1) is 14.4. The van der Waals surface area contributed by atoms with Crippen molar-refractivity contribution in [3.63, 3.8) is 0 Å². The zero-order chi connectivity index (χ0) is 14.5. The molecule has 1 N–H and O–H groups in total. The summed E-state index contributed by atoms with van der Waals surface area (Å²) in [6.45, 7) is 1.47. The van der Waals surface area contributed by atoms with E-state index in [1.54, 1.807) is 13.4 Å². The molecule has 0 spiro atoms. The Kier molecular flexibility index (Phi) is 4.63. The molecule has 20 heavy (non-hydrogen) atoms. The van der Waals surface area contributed by atoms with E-state index in [4.69, 9.17) is 9.15 Å². The van der Waals surface area contributed by atoms with Crippen LogP contribution in [0.4, 0.5) is 0 Å². The van der Waals surface area contributed by atoms with Gasteiger partial charge in [-0.1, -0.05) is 0 Å². The molecule has 0 unspecified atom stereocenters. The van der Waals surface area contributed by atoms with Gasteiger partial charge in [-0.05, 0) is 32.3 Å². The summed E-state index contributed by atoms with van der Waals surface area (Å²) < 4.78 is 10.6. The zero-order valence-electron chi connectivity index (χ0n) is 12.1. The number of carbonyl (C=O) groups is 1. The van der Waals surface area contributed by atoms with Crippen LogP contribution >= 0.6 is 0 Å². The summed E-state index contributed by atoms with van der Waals surface area (Å²) in [6, 6.07) is 5.58. The lowest BCUT2D eigenvalue weighted by atomic mass is 10.1. The fraction of sp³-hybridized carbons (Fsp3) is 0.400. The predicted molar refractivity (Wildman–Crippen MR) is 78.0 cm³/mol. The number of carbonyl (C=O) groups excluding carboxylic acids is 1. The highest BCUT2D eigenvalue weighted by molar-refractivity contribution is 5.88. The van der Waals surface area contributed by atoms with Gasteiger partial charge in [0.1, 0.15) is 11.3 Å². The van der Waals surface area contributed by atoms with Crippen molar-refractivity contribution in [2.24, 2.45) is 0 Å². The molecule has 0 bridgehead atoms. The van der Waals surface area contributed by atoms with E-state index in [-0.39, 0.29) is 5.91 Å². The van der Waals surface area contributed by atoms with Crippen molar-refractivity contribution in [3.8, 4) is 5.75 Å². The number of nitrogens with one attached hydrogen (secondary N) is 1. The molecule has 1 aromatic heterocycles. The van der Waals surface area contributed by atoms with Gasteiger partial charge in [-0.25, -0.2) is 0 Å². The number of nitrogens with zero attached hydrogens (tertiary/aromatic N) is 1. The van der Waals surface area contributed by atoms with Crippen LogP contribution in [-0.4, -0.2) is 45.1 Å². The second kappa shape index (κ2) is 6.43. The van der Waals surface area contributed by atoms with Crippen LogP contribution < -0.4 is 10.1 Å². The molecule has 2 aromatic rings. The lowest BCUT2D eigenvalue weighted by Crippen LogP contribution is -2.32. The molecule has 5 nitrogen and oxygen atoms in total. The third-order valence-corrected chi connectivity index (χ3v) is 3.09. The molecule has 0 saturated heterocycles. The standard InChI is InChI=1S/C15H20N2O3/c1-17(2)7-6-16-15(18)8-11-10-20-14-5-4-12(19-3)9-13(11)14/h4-5,9-10H,6-8H2,1-3H3,(H,16,18). The van der Waals surface area contributed by atoms with E-state index in [1.807, 2.05) is 37.2 Å². The van der Waals surface area contributed by atoms with E-state index in [1.165, 1.54) is 0 Å². The average Bonchev–Trinajstić information content (AvgIpc) is 2.80. The largest absolute Gasteiger partial charge is 0.497 e. The minimum absolute atomic E-state index is 0.00244. The number of hydrogen-bond donors (Lipinski definition) is 1. The number of rotatable bonds is 6. The smallest absolute Gasteiger partial charge is 0.224 e. The topological polar surface area (TPSA) is 54.7 Å². The maximum Gasteiger partial charge on any atom is 0.224 e. The van der Waals surface area contributed by atoms with Crippen molar-refractivity contribution < 1.29 is 13.9 Å². The van der Waals surface area contributed by atoms with E-state index in [0.29, 0.717) is 13.0 Å². The van der Waals surface area contributed by atoms with Gasteiger partial charge in [0.25, 0.3) is 0 Å². The van der Waals surface area contributed by atoms with Crippen LogP contribution in [0.5, 0.6) is 5.75 Å². The third kappa shape index (κ3) is 3.51. The van der Waals surface area contributed by atoms with E-state index in [0.717, 1.165) is 28.8 Å². The molecular formula is C15H20N2O3. The number of methoxy groups -OCH3 is 1. The Balaban J connectivity index is 2.03. The van der Waals surface area contributed by atoms with Crippen molar-refractivity contribution in [1.82, 2.24) is 10.2 Å². The number of fused-ring (bicyclic) bond motifs is 1. The summed E-state index contributed by atoms with van der Waals surface area (Å²) in [5.41, 5.74) is 1.64. The van der Waals surface area contributed by atoms with Crippen LogP contribution in [0, 0.1) is 0 Å². The average molecular weight is 276 g/mol. The molecular weight excluding hydrogens is 256 g/mol. The van der Waals surface area contributed by atoms with Gasteiger partial charge < -0.3 is 19.4 Å². The summed E-state index contributed by atoms with van der Waals surface area (Å²) >= 11 is 0. The summed E-state index contributed by atoms with van der Waals surface area (Å²) in [5.74, 6) is 0.755. The first-order valence-corrected chi connectivity index (χ1v) is 6.55. The molecule has 1 aromatic carbocycles. The van der Waals surface area contributed by atoms with Gasteiger partial charge >= 0.3 is 0 Å². The van der Waals surface area contributed by atoms with Crippen LogP contribution in [0.25, 0.3) is 11.0 Å². The van der Waals surface area contributed by atoms with Gasteiger partial charge in [-0.15, -0.1) is 0 Å². The van der Waals surface area contributed by atoms with Gasteiger partial charge in [0.2, 0.25) is 5.91 Å². The lowest BCUT2D eigenvalue weighted by molar-refractivity contribution is -0.120. The zero-order valence-corrected chi connectivity index (χ0v) is 12.1.